The summed E-state index contributed by atoms with van der Waals surface area (Å²) in [4.78, 5) is 19.7. The highest BCUT2D eigenvalue weighted by molar-refractivity contribution is 7.13. The molecule has 0 spiro atoms. The molecule has 0 saturated heterocycles. The molecule has 0 aromatic carbocycles. The Hall–Kier alpha value is -1.86. The van der Waals surface area contributed by atoms with Gasteiger partial charge in [-0.2, -0.15) is 13.2 Å². The highest BCUT2D eigenvalue weighted by atomic mass is 32.1. The summed E-state index contributed by atoms with van der Waals surface area (Å²) in [6, 6.07) is -0.0212. The van der Waals surface area contributed by atoms with Crippen molar-refractivity contribution in [1.82, 2.24) is 25.4 Å². The summed E-state index contributed by atoms with van der Waals surface area (Å²) >= 11 is 2.57. The van der Waals surface area contributed by atoms with E-state index in [0.29, 0.717) is 69.6 Å². The van der Waals surface area contributed by atoms with E-state index in [4.69, 9.17) is 4.74 Å². The van der Waals surface area contributed by atoms with Crippen molar-refractivity contribution < 1.29 is 27.1 Å². The lowest BCUT2D eigenvalue weighted by Gasteiger charge is -2.35. The molecule has 1 aliphatic carbocycles. The number of fused-ring (bicyclic) bond motifs is 1. The van der Waals surface area contributed by atoms with Gasteiger partial charge in [-0.05, 0) is 52.4 Å². The molecule has 1 aliphatic heterocycles. The van der Waals surface area contributed by atoms with Crippen LogP contribution in [-0.2, 0) is 24.1 Å². The molecular formula is C23H31F4N5O2S2. The number of amides is 1. The van der Waals surface area contributed by atoms with E-state index in [1.807, 2.05) is 6.92 Å². The minimum atomic E-state index is -4.43. The molecule has 1 fully saturated rings. The van der Waals surface area contributed by atoms with E-state index < -0.39 is 17.9 Å². The van der Waals surface area contributed by atoms with Gasteiger partial charge in [0.15, 0.2) is 6.10 Å². The number of halogens is 4. The second-order valence-corrected chi connectivity index (χ2v) is 11.9. The van der Waals surface area contributed by atoms with Crippen molar-refractivity contribution >= 4 is 28.6 Å². The number of nitrogens with one attached hydrogen (secondary N) is 1. The Balaban J connectivity index is 1.18. The molecule has 1 amide bonds. The Bertz CT molecular complexity index is 1010. The van der Waals surface area contributed by atoms with Crippen LogP contribution in [0, 0.1) is 6.92 Å². The second-order valence-electron chi connectivity index (χ2n) is 9.63. The third-order valence-corrected chi connectivity index (χ3v) is 8.71. The number of rotatable bonds is 8. The van der Waals surface area contributed by atoms with Crippen LogP contribution < -0.4 is 10.1 Å². The molecule has 0 bridgehead atoms. The molecule has 1 N–H and O–H groups in total. The zero-order valence-corrected chi connectivity index (χ0v) is 22.0. The summed E-state index contributed by atoms with van der Waals surface area (Å²) in [6.07, 6.45) is -2.37. The maximum absolute atomic E-state index is 15.5. The van der Waals surface area contributed by atoms with Gasteiger partial charge in [-0.3, -0.25) is 4.79 Å². The number of alkyl halides is 4. The fourth-order valence-corrected chi connectivity index (χ4v) is 6.32. The highest BCUT2D eigenvalue weighted by Gasteiger charge is 2.39. The monoisotopic (exact) mass is 549 g/mol. The van der Waals surface area contributed by atoms with Crippen LogP contribution in [0.4, 0.5) is 17.6 Å². The van der Waals surface area contributed by atoms with Crippen LogP contribution in [-0.4, -0.2) is 69.6 Å². The van der Waals surface area contributed by atoms with Crippen molar-refractivity contribution in [1.29, 1.82) is 0 Å². The molecule has 4 rings (SSSR count). The third kappa shape index (κ3) is 7.34. The highest BCUT2D eigenvalue weighted by Crippen LogP contribution is 2.36. The van der Waals surface area contributed by atoms with Gasteiger partial charge in [0, 0.05) is 37.0 Å². The molecule has 200 valence electrons. The summed E-state index contributed by atoms with van der Waals surface area (Å²) in [5.74, 6) is -0.102. The first-order valence-corrected chi connectivity index (χ1v) is 13.8. The first-order chi connectivity index (χ1) is 17.0. The van der Waals surface area contributed by atoms with E-state index in [9.17, 15) is 18.0 Å². The largest absolute Gasteiger partial charge is 0.457 e. The van der Waals surface area contributed by atoms with Crippen molar-refractivity contribution in [2.24, 2.45) is 0 Å². The van der Waals surface area contributed by atoms with Crippen molar-refractivity contribution in [3.05, 3.63) is 20.6 Å². The van der Waals surface area contributed by atoms with Gasteiger partial charge >= 0.3 is 6.18 Å². The summed E-state index contributed by atoms with van der Waals surface area (Å²) in [6.45, 7) is 4.84. The van der Waals surface area contributed by atoms with Crippen LogP contribution >= 0.6 is 22.7 Å². The van der Waals surface area contributed by atoms with E-state index >= 15 is 4.39 Å². The molecule has 1 saturated carbocycles. The third-order valence-electron chi connectivity index (χ3n) is 6.82. The van der Waals surface area contributed by atoms with E-state index in [2.05, 4.69) is 25.4 Å². The fraction of sp³-hybridized carbons (Fsp3) is 0.739. The minimum Gasteiger partial charge on any atom is -0.457 e. The molecule has 36 heavy (non-hydrogen) atoms. The van der Waals surface area contributed by atoms with Gasteiger partial charge in [-0.15, -0.1) is 21.5 Å². The molecular weight excluding hydrogens is 518 g/mol. The van der Waals surface area contributed by atoms with Crippen LogP contribution in [0.15, 0.2) is 0 Å². The summed E-state index contributed by atoms with van der Waals surface area (Å²) in [5.41, 5.74) is -0.469. The number of ether oxygens (including phenoxy) is 1. The Morgan fingerprint density at radius 2 is 1.94 bits per heavy atom. The van der Waals surface area contributed by atoms with Crippen molar-refractivity contribution in [2.75, 3.05) is 19.6 Å². The molecule has 13 heteroatoms. The minimum absolute atomic E-state index is 0.0212. The molecule has 0 radical (unpaired) electrons. The van der Waals surface area contributed by atoms with Crippen molar-refractivity contribution in [3.63, 3.8) is 0 Å². The van der Waals surface area contributed by atoms with Crippen LogP contribution in [0.1, 0.15) is 59.6 Å². The van der Waals surface area contributed by atoms with Crippen molar-refractivity contribution in [2.45, 2.75) is 89.2 Å². The summed E-state index contributed by atoms with van der Waals surface area (Å²) in [7, 11) is 0. The molecule has 2 aromatic rings. The summed E-state index contributed by atoms with van der Waals surface area (Å²) in [5, 5.41) is 12.5. The average Bonchev–Trinajstić information content (AvgIpc) is 3.34. The van der Waals surface area contributed by atoms with Gasteiger partial charge in [0.25, 0.3) is 5.19 Å². The number of thiazole rings is 1. The standard InChI is InChI=1S/C23H31F4N5O2S2/c1-14(23(25,26)27)34-21-29-17-5-10-32(11-6-18(17)36-21)12-9-22(24)7-3-16(4-8-22)28-19(33)13-20-31-30-15(2)35-20/h14,16H,3-13H2,1-2H3,(H,28,33)/t14-,16?,22?/m1/s1. The maximum Gasteiger partial charge on any atom is 0.425 e. The number of carbonyl (C=O) groups is 1. The first-order valence-electron chi connectivity index (χ1n) is 12.2. The summed E-state index contributed by atoms with van der Waals surface area (Å²) < 4.78 is 58.7. The fourth-order valence-electron chi connectivity index (χ4n) is 4.59. The first kappa shape index (κ1) is 27.2. The van der Waals surface area contributed by atoms with Gasteiger partial charge < -0.3 is 15.0 Å². The van der Waals surface area contributed by atoms with E-state index in [0.717, 1.165) is 22.5 Å². The Labute approximate surface area is 215 Å². The van der Waals surface area contributed by atoms with Crippen LogP contribution in [0.25, 0.3) is 0 Å². The molecule has 0 unspecified atom stereocenters. The number of aryl methyl sites for hydroxylation is 1. The molecule has 3 heterocycles. The van der Waals surface area contributed by atoms with Gasteiger partial charge in [-0.1, -0.05) is 11.3 Å². The Kier molecular flexibility index (Phi) is 8.50. The lowest BCUT2D eigenvalue weighted by atomic mass is 9.81. The topological polar surface area (TPSA) is 80.2 Å². The number of nitrogens with zero attached hydrogens (tertiary/aromatic N) is 4. The second kappa shape index (κ2) is 11.3. The molecule has 2 aromatic heterocycles. The molecule has 7 nitrogen and oxygen atoms in total. The number of hydrogen-bond acceptors (Lipinski definition) is 8. The quantitative estimate of drug-likeness (QED) is 0.491. The van der Waals surface area contributed by atoms with E-state index in [-0.39, 0.29) is 23.6 Å². The van der Waals surface area contributed by atoms with Gasteiger partial charge in [0.1, 0.15) is 15.7 Å². The van der Waals surface area contributed by atoms with Crippen LogP contribution in [0.5, 0.6) is 5.19 Å². The van der Waals surface area contributed by atoms with Crippen LogP contribution in [0.2, 0.25) is 0 Å². The average molecular weight is 550 g/mol. The smallest absolute Gasteiger partial charge is 0.425 e. The lowest BCUT2D eigenvalue weighted by molar-refractivity contribution is -0.189. The number of carbonyl (C=O) groups excluding carboxylic acids is 1. The van der Waals surface area contributed by atoms with Crippen LogP contribution in [0.3, 0.4) is 0 Å². The van der Waals surface area contributed by atoms with Crippen molar-refractivity contribution in [3.8, 4) is 5.19 Å². The van der Waals surface area contributed by atoms with Gasteiger partial charge in [0.2, 0.25) is 5.91 Å². The van der Waals surface area contributed by atoms with Gasteiger partial charge in [-0.25, -0.2) is 9.37 Å². The van der Waals surface area contributed by atoms with E-state index in [1.165, 1.54) is 22.7 Å². The number of hydrogen-bond donors (Lipinski definition) is 1. The predicted octanol–water partition coefficient (Wildman–Crippen LogP) is 4.43. The van der Waals surface area contributed by atoms with Gasteiger partial charge in [0.05, 0.1) is 12.1 Å². The molecule has 2 aliphatic rings. The Morgan fingerprint density at radius 3 is 2.61 bits per heavy atom. The number of aromatic nitrogens is 3. The predicted molar refractivity (Wildman–Crippen MR) is 129 cm³/mol. The lowest BCUT2D eigenvalue weighted by Crippen LogP contribution is -2.43. The maximum atomic E-state index is 15.5. The Morgan fingerprint density at radius 1 is 1.22 bits per heavy atom. The molecule has 1 atom stereocenters. The van der Waals surface area contributed by atoms with E-state index in [1.54, 1.807) is 0 Å². The normalized spacial score (nSPS) is 24.1. The SMILES string of the molecule is Cc1nnc(CC(=O)NC2CCC(F)(CCN3CCc4nc(O[C@H](C)C(F)(F)F)sc4CC3)CC2)s1. The zero-order chi connectivity index (χ0) is 25.9. The zero-order valence-electron chi connectivity index (χ0n) is 20.4.